The summed E-state index contributed by atoms with van der Waals surface area (Å²) in [6.45, 7) is 0.459. The number of likely N-dealkylation sites (N-methyl/N-ethyl adjacent to an activating group) is 1. The number of nitrogens with two attached hydrogens (primary N) is 2. The molecule has 1 saturated heterocycles. The molecule has 5 N–H and O–H groups in total. The smallest absolute Gasteiger partial charge is 0.271 e. The van der Waals surface area contributed by atoms with Crippen LogP contribution in [0.5, 0.6) is 0 Å². The molecular formula is C18H17N5O3. The Balaban J connectivity index is 1.93. The topological polar surface area (TPSA) is 135 Å². The Hall–Kier alpha value is -3.44. The highest BCUT2D eigenvalue weighted by Crippen LogP contribution is 2.22. The molecule has 0 bridgehead atoms. The number of aliphatic hydroxyl groups is 1. The second-order valence-electron chi connectivity index (χ2n) is 6.02. The van der Waals surface area contributed by atoms with Crippen LogP contribution < -0.4 is 11.5 Å². The van der Waals surface area contributed by atoms with Gasteiger partial charge in [0.25, 0.3) is 11.8 Å². The molecular weight excluding hydrogens is 334 g/mol. The first-order valence-corrected chi connectivity index (χ1v) is 7.84. The number of aromatic nitrogens is 2. The fourth-order valence-electron chi connectivity index (χ4n) is 2.62. The number of hydrogen-bond acceptors (Lipinski definition) is 6. The van der Waals surface area contributed by atoms with Gasteiger partial charge in [-0.3, -0.25) is 9.59 Å². The van der Waals surface area contributed by atoms with Crippen molar-refractivity contribution in [2.75, 3.05) is 19.3 Å². The summed E-state index contributed by atoms with van der Waals surface area (Å²) >= 11 is 0. The SMILES string of the molecule is CN1CCC(O)(C#Cc2cccc(-c3cnc(N)c(C(N)=O)n3)c2)C1=O. The lowest BCUT2D eigenvalue weighted by molar-refractivity contribution is -0.137. The molecule has 8 nitrogen and oxygen atoms in total. The summed E-state index contributed by atoms with van der Waals surface area (Å²) in [6, 6.07) is 6.96. The zero-order chi connectivity index (χ0) is 18.9. The first kappa shape index (κ1) is 17.4. The van der Waals surface area contributed by atoms with E-state index in [2.05, 4.69) is 21.8 Å². The van der Waals surface area contributed by atoms with Gasteiger partial charge in [0.1, 0.15) is 0 Å². The van der Waals surface area contributed by atoms with Crippen LogP contribution in [-0.2, 0) is 4.79 Å². The molecule has 1 atom stereocenters. The lowest BCUT2D eigenvalue weighted by Crippen LogP contribution is -2.37. The van der Waals surface area contributed by atoms with Gasteiger partial charge in [0.05, 0.1) is 11.9 Å². The second-order valence-corrected chi connectivity index (χ2v) is 6.02. The third-order valence-electron chi connectivity index (χ3n) is 4.12. The summed E-state index contributed by atoms with van der Waals surface area (Å²) in [4.78, 5) is 32.9. The maximum atomic E-state index is 12.0. The van der Waals surface area contributed by atoms with Crippen molar-refractivity contribution in [2.24, 2.45) is 5.73 Å². The number of carbonyl (C=O) groups excluding carboxylic acids is 2. The third-order valence-corrected chi connectivity index (χ3v) is 4.12. The number of nitrogen functional groups attached to an aromatic ring is 1. The van der Waals surface area contributed by atoms with E-state index in [1.165, 1.54) is 11.1 Å². The van der Waals surface area contributed by atoms with Crippen molar-refractivity contribution in [3.63, 3.8) is 0 Å². The number of anilines is 1. The molecule has 1 unspecified atom stereocenters. The van der Waals surface area contributed by atoms with Crippen LogP contribution >= 0.6 is 0 Å². The molecule has 0 aliphatic carbocycles. The van der Waals surface area contributed by atoms with E-state index in [0.717, 1.165) is 0 Å². The fraction of sp³-hybridized carbons (Fsp3) is 0.222. The highest BCUT2D eigenvalue weighted by atomic mass is 16.3. The molecule has 1 aromatic carbocycles. The van der Waals surface area contributed by atoms with Gasteiger partial charge < -0.3 is 21.5 Å². The normalized spacial score (nSPS) is 19.2. The van der Waals surface area contributed by atoms with E-state index in [4.69, 9.17) is 11.5 Å². The van der Waals surface area contributed by atoms with Crippen molar-refractivity contribution in [1.29, 1.82) is 0 Å². The fourth-order valence-corrected chi connectivity index (χ4v) is 2.62. The number of benzene rings is 1. The number of primary amides is 1. The Bertz CT molecular complexity index is 963. The summed E-state index contributed by atoms with van der Waals surface area (Å²) < 4.78 is 0. The predicted molar refractivity (Wildman–Crippen MR) is 94.5 cm³/mol. The summed E-state index contributed by atoms with van der Waals surface area (Å²) in [5.41, 5.74) is 10.7. The van der Waals surface area contributed by atoms with Gasteiger partial charge in [-0.05, 0) is 12.1 Å². The number of likely N-dealkylation sites (tertiary alicyclic amines) is 1. The predicted octanol–water partition coefficient (Wildman–Crippen LogP) is -0.231. The zero-order valence-electron chi connectivity index (χ0n) is 14.1. The van der Waals surface area contributed by atoms with Crippen molar-refractivity contribution in [2.45, 2.75) is 12.0 Å². The molecule has 1 aromatic heterocycles. The van der Waals surface area contributed by atoms with Gasteiger partial charge in [-0.1, -0.05) is 24.0 Å². The van der Waals surface area contributed by atoms with Crippen LogP contribution in [0, 0.1) is 11.8 Å². The van der Waals surface area contributed by atoms with E-state index in [0.29, 0.717) is 23.4 Å². The summed E-state index contributed by atoms with van der Waals surface area (Å²) in [6.07, 6.45) is 1.69. The molecule has 2 heterocycles. The zero-order valence-corrected chi connectivity index (χ0v) is 14.1. The van der Waals surface area contributed by atoms with Gasteiger partial charge in [0, 0.05) is 31.1 Å². The lowest BCUT2D eigenvalue weighted by Gasteiger charge is -2.13. The summed E-state index contributed by atoms with van der Waals surface area (Å²) in [5.74, 6) is 4.27. The number of carbonyl (C=O) groups is 2. The lowest BCUT2D eigenvalue weighted by atomic mass is 10.0. The van der Waals surface area contributed by atoms with Gasteiger partial charge in [0.15, 0.2) is 11.5 Å². The minimum atomic E-state index is -1.66. The quantitative estimate of drug-likeness (QED) is 0.640. The molecule has 2 aromatic rings. The van der Waals surface area contributed by atoms with E-state index in [1.54, 1.807) is 31.3 Å². The second kappa shape index (κ2) is 6.46. The van der Waals surface area contributed by atoms with Crippen molar-refractivity contribution in [3.8, 4) is 23.1 Å². The van der Waals surface area contributed by atoms with E-state index >= 15 is 0 Å². The number of nitrogens with zero attached hydrogens (tertiary/aromatic N) is 3. The highest BCUT2D eigenvalue weighted by Gasteiger charge is 2.42. The number of rotatable bonds is 2. The van der Waals surface area contributed by atoms with Crippen LogP contribution in [0.15, 0.2) is 30.5 Å². The Labute approximate surface area is 149 Å². The standard InChI is InChI=1S/C18H17N5O3/c1-23-8-7-18(26,17(23)25)6-5-11-3-2-4-12(9-11)13-10-21-15(19)14(22-13)16(20)24/h2-4,9-10,26H,7-8H2,1H3,(H2,19,21)(H2,20,24). The third kappa shape index (κ3) is 3.20. The Kier molecular flexibility index (Phi) is 4.32. The minimum absolute atomic E-state index is 0.0386. The molecule has 1 aliphatic heterocycles. The van der Waals surface area contributed by atoms with Gasteiger partial charge in [0.2, 0.25) is 5.60 Å². The average molecular weight is 351 g/mol. The van der Waals surface area contributed by atoms with E-state index < -0.39 is 17.4 Å². The monoisotopic (exact) mass is 351 g/mol. The summed E-state index contributed by atoms with van der Waals surface area (Å²) in [5, 5.41) is 10.4. The van der Waals surface area contributed by atoms with Crippen molar-refractivity contribution >= 4 is 17.6 Å². The van der Waals surface area contributed by atoms with Crippen molar-refractivity contribution < 1.29 is 14.7 Å². The molecule has 1 aliphatic rings. The number of hydrogen-bond donors (Lipinski definition) is 3. The molecule has 132 valence electrons. The first-order valence-electron chi connectivity index (χ1n) is 7.84. The van der Waals surface area contributed by atoms with Crippen LogP contribution in [-0.4, -0.2) is 51.0 Å². The first-order chi connectivity index (χ1) is 12.3. The van der Waals surface area contributed by atoms with Crippen LogP contribution in [0.25, 0.3) is 11.3 Å². The molecule has 3 rings (SSSR count). The maximum absolute atomic E-state index is 12.0. The largest absolute Gasteiger partial charge is 0.382 e. The molecule has 2 amide bonds. The summed E-state index contributed by atoms with van der Waals surface area (Å²) in [7, 11) is 1.62. The van der Waals surface area contributed by atoms with E-state index in [-0.39, 0.29) is 17.9 Å². The number of amides is 2. The average Bonchev–Trinajstić information content (AvgIpc) is 2.88. The van der Waals surface area contributed by atoms with Crippen molar-refractivity contribution in [1.82, 2.24) is 14.9 Å². The van der Waals surface area contributed by atoms with Gasteiger partial charge in [-0.25, -0.2) is 9.97 Å². The van der Waals surface area contributed by atoms with Crippen LogP contribution in [0.2, 0.25) is 0 Å². The molecule has 26 heavy (non-hydrogen) atoms. The van der Waals surface area contributed by atoms with Gasteiger partial charge >= 0.3 is 0 Å². The van der Waals surface area contributed by atoms with Gasteiger partial charge in [-0.15, -0.1) is 0 Å². The molecule has 0 saturated carbocycles. The van der Waals surface area contributed by atoms with Crippen molar-refractivity contribution in [3.05, 3.63) is 41.7 Å². The molecule has 1 fully saturated rings. The maximum Gasteiger partial charge on any atom is 0.271 e. The Morgan fingerprint density at radius 2 is 2.19 bits per heavy atom. The van der Waals surface area contributed by atoms with E-state index in [9.17, 15) is 14.7 Å². The van der Waals surface area contributed by atoms with Crippen LogP contribution in [0.1, 0.15) is 22.5 Å². The Morgan fingerprint density at radius 3 is 2.85 bits per heavy atom. The van der Waals surface area contributed by atoms with Gasteiger partial charge in [-0.2, -0.15) is 0 Å². The molecule has 8 heteroatoms. The Morgan fingerprint density at radius 1 is 1.42 bits per heavy atom. The minimum Gasteiger partial charge on any atom is -0.382 e. The highest BCUT2D eigenvalue weighted by molar-refractivity contribution is 5.95. The molecule has 0 spiro atoms. The van der Waals surface area contributed by atoms with E-state index in [1.807, 2.05) is 0 Å². The van der Waals surface area contributed by atoms with Crippen LogP contribution in [0.3, 0.4) is 0 Å². The molecule has 0 radical (unpaired) electrons. The van der Waals surface area contributed by atoms with Crippen LogP contribution in [0.4, 0.5) is 5.82 Å².